The van der Waals surface area contributed by atoms with Crippen LogP contribution in [-0.4, -0.2) is 44.1 Å². The molecule has 152 valence electrons. The molecule has 0 bridgehead atoms. The summed E-state index contributed by atoms with van der Waals surface area (Å²) in [6, 6.07) is 9.44. The summed E-state index contributed by atoms with van der Waals surface area (Å²) in [5.74, 6) is 2.51. The van der Waals surface area contributed by atoms with Gasteiger partial charge in [-0.15, -0.1) is 0 Å². The van der Waals surface area contributed by atoms with Gasteiger partial charge in [0.2, 0.25) is 5.91 Å². The second-order valence-electron chi connectivity index (χ2n) is 7.03. The highest BCUT2D eigenvalue weighted by molar-refractivity contribution is 6.30. The Hall–Kier alpha value is -2.18. The molecule has 2 heterocycles. The highest BCUT2D eigenvalue weighted by atomic mass is 35.5. The molecule has 1 unspecified atom stereocenters. The second-order valence-corrected chi connectivity index (χ2v) is 7.47. The van der Waals surface area contributed by atoms with Crippen LogP contribution < -0.4 is 15.4 Å². The molecule has 1 aromatic carbocycles. The topological polar surface area (TPSA) is 66.7 Å². The molecule has 1 amide bonds. The summed E-state index contributed by atoms with van der Waals surface area (Å²) in [4.78, 5) is 14.7. The number of nitrogens with zero attached hydrogens (tertiary/aromatic N) is 1. The summed E-state index contributed by atoms with van der Waals surface area (Å²) in [7, 11) is 1.61. The van der Waals surface area contributed by atoms with Gasteiger partial charge >= 0.3 is 0 Å². The molecular weight excluding hydrogens is 378 g/mol. The Morgan fingerprint density at radius 3 is 2.75 bits per heavy atom. The van der Waals surface area contributed by atoms with Gasteiger partial charge in [0.1, 0.15) is 17.3 Å². The Balaban J connectivity index is 1.50. The van der Waals surface area contributed by atoms with Crippen molar-refractivity contribution in [3.8, 4) is 5.75 Å². The highest BCUT2D eigenvalue weighted by Crippen LogP contribution is 2.28. The van der Waals surface area contributed by atoms with Gasteiger partial charge in [0.05, 0.1) is 18.8 Å². The first-order chi connectivity index (χ1) is 13.6. The van der Waals surface area contributed by atoms with E-state index in [1.807, 2.05) is 19.1 Å². The third kappa shape index (κ3) is 5.42. The number of carbonyl (C=O) groups excluding carboxylic acids is 1. The van der Waals surface area contributed by atoms with Crippen LogP contribution in [0.5, 0.6) is 5.75 Å². The van der Waals surface area contributed by atoms with E-state index < -0.39 is 0 Å². The predicted molar refractivity (Wildman–Crippen MR) is 111 cm³/mol. The molecule has 0 radical (unpaired) electrons. The molecule has 3 rings (SSSR count). The minimum absolute atomic E-state index is 0.000898. The maximum absolute atomic E-state index is 12.4. The number of amides is 1. The first-order valence-corrected chi connectivity index (χ1v) is 10.1. The van der Waals surface area contributed by atoms with Gasteiger partial charge in [-0.05, 0) is 63.2 Å². The van der Waals surface area contributed by atoms with Gasteiger partial charge in [-0.2, -0.15) is 0 Å². The molecule has 1 saturated heterocycles. The summed E-state index contributed by atoms with van der Waals surface area (Å²) in [5.41, 5.74) is 0.781. The van der Waals surface area contributed by atoms with Gasteiger partial charge in [-0.3, -0.25) is 9.69 Å². The summed E-state index contributed by atoms with van der Waals surface area (Å²) in [6.07, 6.45) is 2.74. The lowest BCUT2D eigenvalue weighted by atomic mass is 10.2. The number of hydrogen-bond donors (Lipinski definition) is 2. The largest absolute Gasteiger partial charge is 0.495 e. The van der Waals surface area contributed by atoms with Crippen molar-refractivity contribution < 1.29 is 13.9 Å². The van der Waals surface area contributed by atoms with Crippen LogP contribution in [0.25, 0.3) is 0 Å². The Kier molecular flexibility index (Phi) is 7.23. The maximum Gasteiger partial charge on any atom is 0.221 e. The van der Waals surface area contributed by atoms with Gasteiger partial charge in [0.25, 0.3) is 0 Å². The fourth-order valence-electron chi connectivity index (χ4n) is 3.52. The Morgan fingerprint density at radius 2 is 2.07 bits per heavy atom. The van der Waals surface area contributed by atoms with Crippen LogP contribution in [0.4, 0.5) is 5.69 Å². The van der Waals surface area contributed by atoms with Crippen LogP contribution in [-0.2, 0) is 4.79 Å². The van der Waals surface area contributed by atoms with Crippen molar-refractivity contribution in [1.29, 1.82) is 0 Å². The lowest BCUT2D eigenvalue weighted by Gasteiger charge is -2.26. The zero-order chi connectivity index (χ0) is 19.9. The molecule has 1 aliphatic rings. The number of halogens is 1. The van der Waals surface area contributed by atoms with Crippen molar-refractivity contribution in [2.45, 2.75) is 32.2 Å². The van der Waals surface area contributed by atoms with Crippen LogP contribution in [0.1, 0.15) is 36.8 Å². The smallest absolute Gasteiger partial charge is 0.221 e. The fourth-order valence-corrected chi connectivity index (χ4v) is 3.70. The number of carbonyl (C=O) groups is 1. The van der Waals surface area contributed by atoms with E-state index >= 15 is 0 Å². The van der Waals surface area contributed by atoms with E-state index in [2.05, 4.69) is 15.5 Å². The number of rotatable bonds is 9. The van der Waals surface area contributed by atoms with Crippen LogP contribution in [0, 0.1) is 6.92 Å². The molecule has 0 saturated carbocycles. The molecule has 0 aliphatic carbocycles. The van der Waals surface area contributed by atoms with E-state index in [4.69, 9.17) is 20.8 Å². The Morgan fingerprint density at radius 1 is 1.29 bits per heavy atom. The van der Waals surface area contributed by atoms with Crippen molar-refractivity contribution >= 4 is 23.2 Å². The van der Waals surface area contributed by atoms with Gasteiger partial charge in [0.15, 0.2) is 0 Å². The molecule has 1 aromatic heterocycles. The fraction of sp³-hybridized carbons (Fsp3) is 0.476. The average Bonchev–Trinajstić information content (AvgIpc) is 3.35. The minimum atomic E-state index is 0.000898. The number of likely N-dealkylation sites (tertiary alicyclic amines) is 1. The number of hydrogen-bond acceptors (Lipinski definition) is 5. The van der Waals surface area contributed by atoms with Gasteiger partial charge < -0.3 is 19.8 Å². The van der Waals surface area contributed by atoms with Crippen molar-refractivity contribution in [3.05, 3.63) is 46.9 Å². The van der Waals surface area contributed by atoms with Crippen molar-refractivity contribution in [3.63, 3.8) is 0 Å². The molecule has 6 nitrogen and oxygen atoms in total. The SMILES string of the molecule is COc1ccc(Cl)cc1NCCC(=O)NCC(c1ccc(C)o1)N1CCCC1. The Labute approximate surface area is 171 Å². The monoisotopic (exact) mass is 405 g/mol. The number of furan rings is 1. The lowest BCUT2D eigenvalue weighted by Crippen LogP contribution is -2.37. The van der Waals surface area contributed by atoms with Gasteiger partial charge in [-0.1, -0.05) is 11.6 Å². The van der Waals surface area contributed by atoms with Gasteiger partial charge in [-0.25, -0.2) is 0 Å². The number of benzene rings is 1. The molecule has 1 atom stereocenters. The standard InChI is InChI=1S/C21H28ClN3O3/c1-15-5-7-20(28-15)18(25-11-3-4-12-25)14-24-21(26)9-10-23-17-13-16(22)6-8-19(17)27-2/h5-8,13,18,23H,3-4,9-12,14H2,1-2H3,(H,24,26). The molecule has 1 aliphatic heterocycles. The zero-order valence-electron chi connectivity index (χ0n) is 16.5. The average molecular weight is 406 g/mol. The molecule has 2 N–H and O–H groups in total. The molecular formula is C21H28ClN3O3. The summed E-state index contributed by atoms with van der Waals surface area (Å²) < 4.78 is 11.1. The van der Waals surface area contributed by atoms with Crippen molar-refractivity contribution in [1.82, 2.24) is 10.2 Å². The number of anilines is 1. The molecule has 7 heteroatoms. The highest BCUT2D eigenvalue weighted by Gasteiger charge is 2.26. The van der Waals surface area contributed by atoms with E-state index in [1.54, 1.807) is 25.3 Å². The van der Waals surface area contributed by atoms with Crippen LogP contribution in [0.15, 0.2) is 34.7 Å². The molecule has 1 fully saturated rings. The molecule has 28 heavy (non-hydrogen) atoms. The number of methoxy groups -OCH3 is 1. The normalized spacial score (nSPS) is 15.4. The van der Waals surface area contributed by atoms with Crippen molar-refractivity contribution in [2.75, 3.05) is 38.6 Å². The van der Waals surface area contributed by atoms with Gasteiger partial charge in [0, 0.05) is 24.5 Å². The third-order valence-corrected chi connectivity index (χ3v) is 5.23. The van der Waals surface area contributed by atoms with E-state index in [1.165, 1.54) is 12.8 Å². The second kappa shape index (κ2) is 9.85. The van der Waals surface area contributed by atoms with Crippen LogP contribution in [0.2, 0.25) is 5.02 Å². The van der Waals surface area contributed by atoms with E-state index in [9.17, 15) is 4.79 Å². The first-order valence-electron chi connectivity index (χ1n) is 9.71. The first kappa shape index (κ1) is 20.6. The number of nitrogens with one attached hydrogen (secondary N) is 2. The minimum Gasteiger partial charge on any atom is -0.495 e. The van der Waals surface area contributed by atoms with E-state index in [0.29, 0.717) is 30.3 Å². The van der Waals surface area contributed by atoms with E-state index in [-0.39, 0.29) is 11.9 Å². The zero-order valence-corrected chi connectivity index (χ0v) is 17.2. The van der Waals surface area contributed by atoms with Crippen molar-refractivity contribution in [2.24, 2.45) is 0 Å². The Bertz CT molecular complexity index is 787. The lowest BCUT2D eigenvalue weighted by molar-refractivity contribution is -0.121. The third-order valence-electron chi connectivity index (χ3n) is 4.99. The van der Waals surface area contributed by atoms with Crippen LogP contribution in [0.3, 0.4) is 0 Å². The van der Waals surface area contributed by atoms with Crippen LogP contribution >= 0.6 is 11.6 Å². The summed E-state index contributed by atoms with van der Waals surface area (Å²) in [5, 5.41) is 6.89. The van der Waals surface area contributed by atoms with E-state index in [0.717, 1.165) is 30.3 Å². The summed E-state index contributed by atoms with van der Waals surface area (Å²) >= 11 is 6.03. The quantitative estimate of drug-likeness (QED) is 0.659. The maximum atomic E-state index is 12.4. The number of aryl methyl sites for hydroxylation is 1. The molecule has 2 aromatic rings. The summed E-state index contributed by atoms with van der Waals surface area (Å²) in [6.45, 7) is 5.06. The molecule has 0 spiro atoms. The number of ether oxygens (including phenoxy) is 1. The predicted octanol–water partition coefficient (Wildman–Crippen LogP) is 4.01.